The van der Waals surface area contributed by atoms with Crippen molar-refractivity contribution >= 4 is 18.9 Å². The van der Waals surface area contributed by atoms with Gasteiger partial charge in [0.05, 0.1) is 0 Å². The van der Waals surface area contributed by atoms with Crippen molar-refractivity contribution in [1.82, 2.24) is 14.1 Å². The van der Waals surface area contributed by atoms with Crippen molar-refractivity contribution in [3.8, 4) is 0 Å². The van der Waals surface area contributed by atoms with Crippen molar-refractivity contribution in [2.45, 2.75) is 45.8 Å². The van der Waals surface area contributed by atoms with Crippen LogP contribution in [0.15, 0.2) is 36.9 Å². The van der Waals surface area contributed by atoms with E-state index in [0.717, 1.165) is 44.6 Å². The zero-order chi connectivity index (χ0) is 21.2. The van der Waals surface area contributed by atoms with Crippen molar-refractivity contribution in [3.05, 3.63) is 48.0 Å². The fourth-order valence-corrected chi connectivity index (χ4v) is 4.10. The molecule has 1 saturated heterocycles. The molecule has 0 bridgehead atoms. The Morgan fingerprint density at radius 1 is 1.34 bits per heavy atom. The van der Waals surface area contributed by atoms with E-state index in [9.17, 15) is 4.79 Å². The van der Waals surface area contributed by atoms with Gasteiger partial charge in [-0.25, -0.2) is 4.79 Å². The first-order valence-corrected chi connectivity index (χ1v) is 11.0. The maximum absolute atomic E-state index is 12.7. The number of amides is 1. The Morgan fingerprint density at radius 2 is 2.00 bits per heavy atom. The lowest BCUT2D eigenvalue weighted by atomic mass is 10.0. The fourth-order valence-electron chi connectivity index (χ4n) is 3.82. The van der Waals surface area contributed by atoms with Gasteiger partial charge in [-0.3, -0.25) is 4.31 Å². The first kappa shape index (κ1) is 23.8. The molecule has 162 valence electrons. The summed E-state index contributed by atoms with van der Waals surface area (Å²) in [5.41, 5.74) is 2.21. The number of aryl methyl sites for hydroxylation is 1. The number of likely N-dealkylation sites (tertiary alicyclic amines) is 1. The molecule has 0 N–H and O–H groups in total. The number of ether oxygens (including phenoxy) is 1. The molecule has 1 aliphatic rings. The highest BCUT2D eigenvalue weighted by Gasteiger charge is 2.28. The molecule has 6 heteroatoms. The molecule has 1 amide bonds. The summed E-state index contributed by atoms with van der Waals surface area (Å²) in [5, 5.41) is 0. The largest absolute Gasteiger partial charge is 0.445 e. The maximum atomic E-state index is 12.7. The van der Waals surface area contributed by atoms with Gasteiger partial charge in [0.2, 0.25) is 0 Å². The second kappa shape index (κ2) is 12.3. The molecule has 29 heavy (non-hydrogen) atoms. The number of rotatable bonds is 10. The highest BCUT2D eigenvalue weighted by molar-refractivity contribution is 7.77. The zero-order valence-corrected chi connectivity index (χ0v) is 19.1. The van der Waals surface area contributed by atoms with E-state index in [1.165, 1.54) is 12.0 Å². The average molecular weight is 420 g/mol. The van der Waals surface area contributed by atoms with Crippen LogP contribution < -0.4 is 0 Å². The molecule has 1 unspecified atom stereocenters. The minimum atomic E-state index is -0.241. The number of piperidine rings is 1. The predicted octanol–water partition coefficient (Wildman–Crippen LogP) is 4.39. The van der Waals surface area contributed by atoms with Crippen LogP contribution in [0.5, 0.6) is 0 Å². The van der Waals surface area contributed by atoms with Gasteiger partial charge in [0.25, 0.3) is 0 Å². The van der Waals surface area contributed by atoms with Crippen LogP contribution in [0.4, 0.5) is 4.79 Å². The molecule has 1 aliphatic heterocycles. The second-order valence-electron chi connectivity index (χ2n) is 8.29. The topological polar surface area (TPSA) is 36.0 Å². The van der Waals surface area contributed by atoms with Crippen LogP contribution in [-0.2, 0) is 11.3 Å². The number of carbonyl (C=O) groups is 1. The van der Waals surface area contributed by atoms with Crippen molar-refractivity contribution in [2.24, 2.45) is 5.92 Å². The van der Waals surface area contributed by atoms with Gasteiger partial charge in [-0.05, 0) is 51.3 Å². The van der Waals surface area contributed by atoms with Crippen LogP contribution in [0.2, 0.25) is 0 Å². The van der Waals surface area contributed by atoms with Gasteiger partial charge in [-0.1, -0.05) is 55.6 Å². The third-order valence-electron chi connectivity index (χ3n) is 5.56. The molecule has 0 saturated carbocycles. The minimum absolute atomic E-state index is 0.218. The SMILES string of the molecule is C=CCN(C(=O)OCc1ccc(C)cc1)C1CCN(CCC(C)CN(C)S)CC1. The van der Waals surface area contributed by atoms with Gasteiger partial charge < -0.3 is 14.5 Å². The molecule has 0 spiro atoms. The van der Waals surface area contributed by atoms with Crippen LogP contribution in [0.25, 0.3) is 0 Å². The summed E-state index contributed by atoms with van der Waals surface area (Å²) < 4.78 is 7.54. The highest BCUT2D eigenvalue weighted by Crippen LogP contribution is 2.19. The van der Waals surface area contributed by atoms with Gasteiger partial charge in [-0.15, -0.1) is 6.58 Å². The molecule has 0 radical (unpaired) electrons. The maximum Gasteiger partial charge on any atom is 0.410 e. The number of hydrogen-bond donors (Lipinski definition) is 1. The van der Waals surface area contributed by atoms with Crippen LogP contribution >= 0.6 is 12.8 Å². The zero-order valence-electron chi connectivity index (χ0n) is 18.2. The van der Waals surface area contributed by atoms with E-state index in [2.05, 4.69) is 31.2 Å². The lowest BCUT2D eigenvalue weighted by Gasteiger charge is -2.38. The van der Waals surface area contributed by atoms with E-state index in [0.29, 0.717) is 19.1 Å². The predicted molar refractivity (Wildman–Crippen MR) is 123 cm³/mol. The van der Waals surface area contributed by atoms with E-state index in [1.54, 1.807) is 6.08 Å². The van der Waals surface area contributed by atoms with Gasteiger partial charge in [0.15, 0.2) is 0 Å². The summed E-state index contributed by atoms with van der Waals surface area (Å²) in [5.74, 6) is 0.629. The van der Waals surface area contributed by atoms with E-state index >= 15 is 0 Å². The number of carbonyl (C=O) groups excluding carboxylic acids is 1. The van der Waals surface area contributed by atoms with Gasteiger partial charge in [-0.2, -0.15) is 0 Å². The number of benzene rings is 1. The quantitative estimate of drug-likeness (QED) is 0.451. The second-order valence-corrected chi connectivity index (χ2v) is 8.97. The summed E-state index contributed by atoms with van der Waals surface area (Å²) in [6, 6.07) is 8.30. The molecular weight excluding hydrogens is 382 g/mol. The van der Waals surface area contributed by atoms with Crippen LogP contribution in [0.1, 0.15) is 37.3 Å². The monoisotopic (exact) mass is 419 g/mol. The van der Waals surface area contributed by atoms with Crippen LogP contribution in [-0.4, -0.2) is 66.0 Å². The minimum Gasteiger partial charge on any atom is -0.445 e. The normalized spacial score (nSPS) is 16.6. The van der Waals surface area contributed by atoms with Gasteiger partial charge in [0, 0.05) is 32.2 Å². The lowest BCUT2D eigenvalue weighted by Crippen LogP contribution is -2.48. The van der Waals surface area contributed by atoms with Crippen LogP contribution in [0.3, 0.4) is 0 Å². The van der Waals surface area contributed by atoms with Crippen molar-refractivity contribution in [1.29, 1.82) is 0 Å². The van der Waals surface area contributed by atoms with E-state index < -0.39 is 0 Å². The Kier molecular flexibility index (Phi) is 10.0. The fraction of sp³-hybridized carbons (Fsp3) is 0.609. The Balaban J connectivity index is 1.79. The standard InChI is InChI=1S/C23H37N3O2S/c1-5-13-26(23(27)28-18-21-8-6-19(2)7-9-21)22-11-15-25(16-12-22)14-10-20(3)17-24(4)29/h5-9,20,22,29H,1,10-18H2,2-4H3. The number of nitrogens with zero attached hydrogens (tertiary/aromatic N) is 3. The summed E-state index contributed by atoms with van der Waals surface area (Å²) in [6.45, 7) is 13.1. The van der Waals surface area contributed by atoms with Crippen molar-refractivity contribution in [2.75, 3.05) is 39.8 Å². The average Bonchev–Trinajstić information content (AvgIpc) is 2.70. The Labute approximate surface area is 182 Å². The van der Waals surface area contributed by atoms with Crippen molar-refractivity contribution in [3.63, 3.8) is 0 Å². The molecule has 1 atom stereocenters. The summed E-state index contributed by atoms with van der Waals surface area (Å²) >= 11 is 4.34. The van der Waals surface area contributed by atoms with E-state index in [-0.39, 0.29) is 12.1 Å². The molecular formula is C23H37N3O2S. The Hall–Kier alpha value is -1.50. The van der Waals surface area contributed by atoms with Gasteiger partial charge >= 0.3 is 6.09 Å². The molecule has 1 aromatic rings. The molecule has 0 aromatic heterocycles. The smallest absolute Gasteiger partial charge is 0.410 e. The summed E-state index contributed by atoms with van der Waals surface area (Å²) in [4.78, 5) is 17.1. The first-order chi connectivity index (χ1) is 13.9. The lowest BCUT2D eigenvalue weighted by molar-refractivity contribution is 0.0651. The first-order valence-electron chi connectivity index (χ1n) is 10.6. The molecule has 5 nitrogen and oxygen atoms in total. The molecule has 1 heterocycles. The third kappa shape index (κ3) is 8.41. The van der Waals surface area contributed by atoms with E-state index in [1.807, 2.05) is 47.4 Å². The van der Waals surface area contributed by atoms with Crippen molar-refractivity contribution < 1.29 is 9.53 Å². The Bertz CT molecular complexity index is 628. The van der Waals surface area contributed by atoms with Crippen LogP contribution in [0, 0.1) is 12.8 Å². The highest BCUT2D eigenvalue weighted by atomic mass is 32.1. The van der Waals surface area contributed by atoms with Gasteiger partial charge in [0.1, 0.15) is 6.61 Å². The molecule has 0 aliphatic carbocycles. The number of thiol groups is 1. The van der Waals surface area contributed by atoms with E-state index in [4.69, 9.17) is 4.74 Å². The summed E-state index contributed by atoms with van der Waals surface area (Å²) in [7, 11) is 2.00. The third-order valence-corrected chi connectivity index (χ3v) is 5.72. The molecule has 2 rings (SSSR count). The molecule has 1 aromatic carbocycles. The Morgan fingerprint density at radius 3 is 2.59 bits per heavy atom. The number of hydrogen-bond acceptors (Lipinski definition) is 5. The molecule has 1 fully saturated rings. The summed E-state index contributed by atoms with van der Waals surface area (Å²) in [6.07, 6.45) is 4.68.